The zero-order chi connectivity index (χ0) is 14.1. The first kappa shape index (κ1) is 13.4. The molecule has 0 unspecified atom stereocenters. The number of nitrogens with one attached hydrogen (secondary N) is 1. The van der Waals surface area contributed by atoms with E-state index in [1.54, 1.807) is 18.3 Å². The van der Waals surface area contributed by atoms with Crippen molar-refractivity contribution in [2.45, 2.75) is 9.79 Å². The van der Waals surface area contributed by atoms with Gasteiger partial charge in [0.05, 0.1) is 0 Å². The Labute approximate surface area is 127 Å². The number of halogens is 2. The molecule has 1 N–H and O–H groups in total. The fourth-order valence-electron chi connectivity index (χ4n) is 1.95. The highest BCUT2D eigenvalue weighted by Gasteiger charge is 2.07. The van der Waals surface area contributed by atoms with E-state index in [1.807, 2.05) is 18.2 Å². The molecule has 0 aliphatic heterocycles. The summed E-state index contributed by atoms with van der Waals surface area (Å²) in [7, 11) is 0. The number of rotatable bonds is 2. The van der Waals surface area contributed by atoms with Gasteiger partial charge in [0.2, 0.25) is 0 Å². The van der Waals surface area contributed by atoms with Gasteiger partial charge in [-0.1, -0.05) is 33.8 Å². The molecule has 0 spiro atoms. The van der Waals surface area contributed by atoms with E-state index in [4.69, 9.17) is 0 Å². The minimum absolute atomic E-state index is 0.129. The zero-order valence-electron chi connectivity index (χ0n) is 10.2. The third-order valence-corrected chi connectivity index (χ3v) is 4.39. The van der Waals surface area contributed by atoms with Crippen molar-refractivity contribution in [1.29, 1.82) is 0 Å². The fourth-order valence-corrected chi connectivity index (χ4v) is 3.28. The van der Waals surface area contributed by atoms with Crippen LogP contribution in [0.1, 0.15) is 0 Å². The van der Waals surface area contributed by atoms with Crippen molar-refractivity contribution in [3.8, 4) is 0 Å². The number of hydrogen-bond donors (Lipinski definition) is 1. The summed E-state index contributed by atoms with van der Waals surface area (Å²) in [5, 5.41) is 1.46. The van der Waals surface area contributed by atoms with Gasteiger partial charge in [-0.2, -0.15) is 0 Å². The molecule has 2 aromatic carbocycles. The topological polar surface area (TPSA) is 32.9 Å². The Morgan fingerprint density at radius 1 is 1.10 bits per heavy atom. The summed E-state index contributed by atoms with van der Waals surface area (Å²) in [5.74, 6) is -0.273. The van der Waals surface area contributed by atoms with Crippen LogP contribution in [0.3, 0.4) is 0 Å². The Kier molecular flexibility index (Phi) is 3.63. The van der Waals surface area contributed by atoms with E-state index in [0.29, 0.717) is 5.39 Å². The van der Waals surface area contributed by atoms with Crippen molar-refractivity contribution in [3.05, 3.63) is 69.3 Å². The van der Waals surface area contributed by atoms with Crippen LogP contribution in [0.15, 0.2) is 67.7 Å². The smallest absolute Gasteiger partial charge is 0.255 e. The van der Waals surface area contributed by atoms with Crippen LogP contribution < -0.4 is 5.56 Å². The molecule has 0 radical (unpaired) electrons. The lowest BCUT2D eigenvalue weighted by Gasteiger charge is -2.06. The second kappa shape index (κ2) is 5.42. The van der Waals surface area contributed by atoms with E-state index >= 15 is 0 Å². The van der Waals surface area contributed by atoms with Crippen molar-refractivity contribution >= 4 is 38.5 Å². The predicted molar refractivity (Wildman–Crippen MR) is 82.8 cm³/mol. The SMILES string of the molecule is O=c1[nH]cc(Sc2cccc(F)c2)c2cc(Br)ccc12. The van der Waals surface area contributed by atoms with Crippen molar-refractivity contribution < 1.29 is 4.39 Å². The van der Waals surface area contributed by atoms with Crippen molar-refractivity contribution in [1.82, 2.24) is 4.98 Å². The summed E-state index contributed by atoms with van der Waals surface area (Å²) in [6.07, 6.45) is 1.66. The normalized spacial score (nSPS) is 10.9. The first-order chi connectivity index (χ1) is 9.63. The average molecular weight is 350 g/mol. The van der Waals surface area contributed by atoms with Gasteiger partial charge in [0.1, 0.15) is 5.82 Å². The number of benzene rings is 2. The zero-order valence-corrected chi connectivity index (χ0v) is 12.6. The molecule has 0 amide bonds. The quantitative estimate of drug-likeness (QED) is 0.734. The minimum Gasteiger partial charge on any atom is -0.327 e. The Bertz CT molecular complexity index is 847. The molecule has 0 bridgehead atoms. The fraction of sp³-hybridized carbons (Fsp3) is 0. The molecular weight excluding hydrogens is 341 g/mol. The second-order valence-corrected chi connectivity index (χ2v) is 6.26. The van der Waals surface area contributed by atoms with Crippen LogP contribution in [0.5, 0.6) is 0 Å². The lowest BCUT2D eigenvalue weighted by atomic mass is 10.2. The van der Waals surface area contributed by atoms with Crippen LogP contribution in [-0.2, 0) is 0 Å². The number of aromatic amines is 1. The van der Waals surface area contributed by atoms with Gasteiger partial charge in [-0.3, -0.25) is 4.79 Å². The summed E-state index contributed by atoms with van der Waals surface area (Å²) < 4.78 is 14.1. The molecule has 0 atom stereocenters. The Balaban J connectivity index is 2.14. The van der Waals surface area contributed by atoms with Gasteiger partial charge in [-0.25, -0.2) is 4.39 Å². The molecule has 3 rings (SSSR count). The molecule has 0 saturated heterocycles. The summed E-state index contributed by atoms with van der Waals surface area (Å²) in [6, 6.07) is 11.9. The lowest BCUT2D eigenvalue weighted by molar-refractivity contribution is 0.624. The van der Waals surface area contributed by atoms with E-state index in [2.05, 4.69) is 20.9 Å². The molecule has 0 aliphatic rings. The predicted octanol–water partition coefficient (Wildman–Crippen LogP) is 4.58. The Morgan fingerprint density at radius 2 is 1.95 bits per heavy atom. The standard InChI is InChI=1S/C15H9BrFNOS/c16-9-4-5-12-13(6-9)14(8-18-15(12)19)20-11-3-1-2-10(17)7-11/h1-8H,(H,18,19). The molecule has 100 valence electrons. The maximum Gasteiger partial charge on any atom is 0.255 e. The van der Waals surface area contributed by atoms with Crippen molar-refractivity contribution in [2.24, 2.45) is 0 Å². The van der Waals surface area contributed by atoms with Gasteiger partial charge < -0.3 is 4.98 Å². The number of hydrogen-bond acceptors (Lipinski definition) is 2. The Morgan fingerprint density at radius 3 is 2.75 bits per heavy atom. The number of fused-ring (bicyclic) bond motifs is 1. The first-order valence-corrected chi connectivity index (χ1v) is 7.49. The van der Waals surface area contributed by atoms with Gasteiger partial charge in [0, 0.05) is 31.2 Å². The van der Waals surface area contributed by atoms with Gasteiger partial charge in [-0.05, 0) is 36.4 Å². The van der Waals surface area contributed by atoms with E-state index in [-0.39, 0.29) is 11.4 Å². The number of H-pyrrole nitrogens is 1. The molecule has 0 fully saturated rings. The summed E-state index contributed by atoms with van der Waals surface area (Å²) in [5.41, 5.74) is -0.129. The minimum atomic E-state index is -0.273. The van der Waals surface area contributed by atoms with Crippen LogP contribution in [-0.4, -0.2) is 4.98 Å². The molecule has 2 nitrogen and oxygen atoms in total. The van der Waals surface area contributed by atoms with Crippen LogP contribution in [0.25, 0.3) is 10.8 Å². The van der Waals surface area contributed by atoms with Crippen molar-refractivity contribution in [2.75, 3.05) is 0 Å². The largest absolute Gasteiger partial charge is 0.327 e. The molecule has 3 aromatic rings. The van der Waals surface area contributed by atoms with E-state index < -0.39 is 0 Å². The lowest BCUT2D eigenvalue weighted by Crippen LogP contribution is -2.05. The molecule has 20 heavy (non-hydrogen) atoms. The molecule has 0 aliphatic carbocycles. The van der Waals surface area contributed by atoms with Gasteiger partial charge in [0.25, 0.3) is 5.56 Å². The molecule has 0 saturated carbocycles. The number of aromatic nitrogens is 1. The van der Waals surface area contributed by atoms with Gasteiger partial charge in [0.15, 0.2) is 0 Å². The van der Waals surface area contributed by atoms with E-state index in [0.717, 1.165) is 19.6 Å². The second-order valence-electron chi connectivity index (χ2n) is 4.23. The van der Waals surface area contributed by atoms with Gasteiger partial charge in [-0.15, -0.1) is 0 Å². The third-order valence-electron chi connectivity index (χ3n) is 2.85. The maximum absolute atomic E-state index is 13.2. The summed E-state index contributed by atoms with van der Waals surface area (Å²) >= 11 is 4.82. The molecule has 1 aromatic heterocycles. The first-order valence-electron chi connectivity index (χ1n) is 5.88. The monoisotopic (exact) mass is 349 g/mol. The van der Waals surface area contributed by atoms with Crippen LogP contribution in [0.2, 0.25) is 0 Å². The molecule has 5 heteroatoms. The summed E-state index contributed by atoms with van der Waals surface area (Å²) in [4.78, 5) is 16.2. The maximum atomic E-state index is 13.2. The molecule has 1 heterocycles. The number of pyridine rings is 1. The molecular formula is C15H9BrFNOS. The van der Waals surface area contributed by atoms with E-state index in [9.17, 15) is 9.18 Å². The van der Waals surface area contributed by atoms with Crippen molar-refractivity contribution in [3.63, 3.8) is 0 Å². The van der Waals surface area contributed by atoms with E-state index in [1.165, 1.54) is 23.9 Å². The highest BCUT2D eigenvalue weighted by atomic mass is 79.9. The van der Waals surface area contributed by atoms with Crippen LogP contribution >= 0.6 is 27.7 Å². The van der Waals surface area contributed by atoms with Crippen LogP contribution in [0, 0.1) is 5.82 Å². The highest BCUT2D eigenvalue weighted by Crippen LogP contribution is 2.33. The summed E-state index contributed by atoms with van der Waals surface area (Å²) in [6.45, 7) is 0. The van der Waals surface area contributed by atoms with Crippen LogP contribution in [0.4, 0.5) is 4.39 Å². The highest BCUT2D eigenvalue weighted by molar-refractivity contribution is 9.10. The average Bonchev–Trinajstić information content (AvgIpc) is 2.42. The van der Waals surface area contributed by atoms with Gasteiger partial charge >= 0.3 is 0 Å². The third kappa shape index (κ3) is 2.64. The Hall–Kier alpha value is -1.59.